The first-order chi connectivity index (χ1) is 13.3. The van der Waals surface area contributed by atoms with Crippen LogP contribution in [0.1, 0.15) is 16.7 Å². The van der Waals surface area contributed by atoms with Crippen molar-refractivity contribution in [2.24, 2.45) is 0 Å². The lowest BCUT2D eigenvalue weighted by Gasteiger charge is -2.33. The van der Waals surface area contributed by atoms with Gasteiger partial charge in [0.15, 0.2) is 0 Å². The third-order valence-electron chi connectivity index (χ3n) is 5.62. The molecule has 0 amide bonds. The number of rotatable bonds is 3. The molecule has 2 heteroatoms. The second kappa shape index (κ2) is 6.52. The van der Waals surface area contributed by atoms with Crippen LogP contribution >= 0.6 is 11.1 Å². The van der Waals surface area contributed by atoms with Crippen LogP contribution in [0.25, 0.3) is 11.1 Å². The van der Waals surface area contributed by atoms with Crippen LogP contribution in [0.5, 0.6) is 0 Å². The molecule has 0 saturated carbocycles. The zero-order valence-electron chi connectivity index (χ0n) is 14.8. The average Bonchev–Trinajstić information content (AvgIpc) is 3.09. The Kier molecular flexibility index (Phi) is 4.00. The highest BCUT2D eigenvalue weighted by molar-refractivity contribution is 7.35. The third kappa shape index (κ3) is 2.50. The van der Waals surface area contributed by atoms with Crippen LogP contribution in [-0.2, 0) is 0 Å². The van der Waals surface area contributed by atoms with Crippen molar-refractivity contribution in [1.29, 1.82) is 0 Å². The molecule has 130 valence electrons. The number of halogens is 1. The topological polar surface area (TPSA) is 0 Å². The van der Waals surface area contributed by atoms with Gasteiger partial charge in [-0.25, -0.2) is 0 Å². The predicted molar refractivity (Wildman–Crippen MR) is 117 cm³/mol. The second-order valence-corrected chi connectivity index (χ2v) is 12.0. The van der Waals surface area contributed by atoms with E-state index in [4.69, 9.17) is 11.1 Å². The van der Waals surface area contributed by atoms with Crippen molar-refractivity contribution in [3.8, 4) is 11.1 Å². The van der Waals surface area contributed by atoms with E-state index in [-0.39, 0.29) is 5.54 Å². The van der Waals surface area contributed by atoms with E-state index in [0.717, 1.165) is 0 Å². The number of fused-ring (bicyclic) bond motifs is 3. The molecule has 5 rings (SSSR count). The van der Waals surface area contributed by atoms with Gasteiger partial charge in [-0.15, -0.1) is 0 Å². The van der Waals surface area contributed by atoms with Crippen LogP contribution in [0.4, 0.5) is 0 Å². The Hall–Kier alpha value is -2.61. The summed E-state index contributed by atoms with van der Waals surface area (Å²) >= 11 is 7.79. The van der Waals surface area contributed by atoms with Crippen molar-refractivity contribution in [1.82, 2.24) is 0 Å². The van der Waals surface area contributed by atoms with Gasteiger partial charge in [-0.2, -0.15) is 11.1 Å². The number of hydrogen-bond acceptors (Lipinski definition) is 0. The summed E-state index contributed by atoms with van der Waals surface area (Å²) in [6.07, 6.45) is 0. The molecule has 0 aliphatic heterocycles. The molecule has 0 fully saturated rings. The smallest absolute Gasteiger partial charge is 0.154 e. The maximum absolute atomic E-state index is 7.79. The van der Waals surface area contributed by atoms with E-state index in [0.29, 0.717) is 0 Å². The summed E-state index contributed by atoms with van der Waals surface area (Å²) in [7, 11) is -2.60. The lowest BCUT2D eigenvalue weighted by atomic mass is 10.1. The van der Waals surface area contributed by atoms with Gasteiger partial charge in [0.2, 0.25) is 7.38 Å². The molecule has 0 spiro atoms. The van der Waals surface area contributed by atoms with Crippen LogP contribution in [0, 0.1) is 0 Å². The number of benzene rings is 4. The Bertz CT molecular complexity index is 1000. The van der Waals surface area contributed by atoms with Gasteiger partial charge in [0.1, 0.15) is 0 Å². The Morgan fingerprint density at radius 2 is 0.852 bits per heavy atom. The second-order valence-electron chi connectivity index (χ2n) is 7.05. The monoisotopic (exact) mass is 382 g/mol. The van der Waals surface area contributed by atoms with Gasteiger partial charge in [0, 0.05) is 5.54 Å². The van der Waals surface area contributed by atoms with Gasteiger partial charge in [0.05, 0.1) is 0 Å². The fourth-order valence-corrected chi connectivity index (χ4v) is 9.62. The van der Waals surface area contributed by atoms with Crippen molar-refractivity contribution in [3.05, 3.63) is 120 Å². The van der Waals surface area contributed by atoms with E-state index >= 15 is 0 Å². The maximum Gasteiger partial charge on any atom is 0.229 e. The molecular weight excluding hydrogens is 364 g/mol. The van der Waals surface area contributed by atoms with Crippen LogP contribution in [0.3, 0.4) is 0 Å². The molecule has 0 nitrogen and oxygen atoms in total. The Balaban J connectivity index is 1.84. The molecule has 4 aromatic carbocycles. The summed E-state index contributed by atoms with van der Waals surface area (Å²) in [6.45, 7) is 0. The van der Waals surface area contributed by atoms with E-state index < -0.39 is 7.38 Å². The maximum atomic E-state index is 7.79. The molecule has 1 aliphatic rings. The highest BCUT2D eigenvalue weighted by Gasteiger charge is 2.49. The highest BCUT2D eigenvalue weighted by Crippen LogP contribution is 2.49. The fraction of sp³-hybridized carbons (Fsp3) is 0.0400. The minimum atomic E-state index is -2.60. The van der Waals surface area contributed by atoms with Crippen molar-refractivity contribution in [3.63, 3.8) is 0 Å². The molecule has 0 saturated heterocycles. The van der Waals surface area contributed by atoms with Gasteiger partial charge in [-0.1, -0.05) is 109 Å². The summed E-state index contributed by atoms with van der Waals surface area (Å²) in [5.74, 6) is 0. The van der Waals surface area contributed by atoms with Gasteiger partial charge in [-0.3, -0.25) is 0 Å². The van der Waals surface area contributed by atoms with Gasteiger partial charge in [-0.05, 0) is 32.6 Å². The lowest BCUT2D eigenvalue weighted by Crippen LogP contribution is -2.58. The molecule has 0 aromatic heterocycles. The largest absolute Gasteiger partial charge is 0.229 e. The molecule has 0 radical (unpaired) electrons. The Morgan fingerprint density at radius 3 is 1.30 bits per heavy atom. The SMILES string of the molecule is Cl[Si](c1ccccc1)(c1ccccc1)C1c2ccccc2-c2ccccc21. The summed E-state index contributed by atoms with van der Waals surface area (Å²) in [5, 5.41) is 2.52. The first-order valence-electron chi connectivity index (χ1n) is 9.28. The van der Waals surface area contributed by atoms with E-state index in [2.05, 4.69) is 109 Å². The first-order valence-corrected chi connectivity index (χ1v) is 12.4. The molecule has 0 heterocycles. The Morgan fingerprint density at radius 1 is 0.481 bits per heavy atom. The van der Waals surface area contributed by atoms with E-state index in [1.165, 1.54) is 32.6 Å². The Labute approximate surface area is 165 Å². The van der Waals surface area contributed by atoms with Crippen molar-refractivity contribution < 1.29 is 0 Å². The van der Waals surface area contributed by atoms with Gasteiger partial charge in [0.25, 0.3) is 0 Å². The van der Waals surface area contributed by atoms with Crippen LogP contribution in [0.2, 0.25) is 0 Å². The molecule has 0 N–H and O–H groups in total. The standard InChI is InChI=1S/C25H19ClSi/c26-27(19-11-3-1-4-12-19,20-13-5-2-6-14-20)25-23-17-9-7-15-21(23)22-16-8-10-18-24(22)25/h1-18,25H. The van der Waals surface area contributed by atoms with E-state index in [1.807, 2.05) is 0 Å². The lowest BCUT2D eigenvalue weighted by molar-refractivity contribution is 1.16. The molecule has 4 aromatic rings. The summed E-state index contributed by atoms with van der Waals surface area (Å²) < 4.78 is 0. The summed E-state index contributed by atoms with van der Waals surface area (Å²) in [5.41, 5.74) is 5.54. The summed E-state index contributed by atoms with van der Waals surface area (Å²) in [4.78, 5) is 0. The highest BCUT2D eigenvalue weighted by atomic mass is 35.6. The van der Waals surface area contributed by atoms with Gasteiger partial charge >= 0.3 is 0 Å². The molecule has 0 unspecified atom stereocenters. The van der Waals surface area contributed by atoms with Crippen LogP contribution in [0.15, 0.2) is 109 Å². The molecule has 0 bridgehead atoms. The predicted octanol–water partition coefficient (Wildman–Crippen LogP) is 5.34. The van der Waals surface area contributed by atoms with Gasteiger partial charge < -0.3 is 0 Å². The van der Waals surface area contributed by atoms with E-state index in [9.17, 15) is 0 Å². The molecule has 1 aliphatic carbocycles. The van der Waals surface area contributed by atoms with Crippen LogP contribution < -0.4 is 10.4 Å². The van der Waals surface area contributed by atoms with Crippen molar-refractivity contribution in [2.45, 2.75) is 5.54 Å². The van der Waals surface area contributed by atoms with Crippen LogP contribution in [-0.4, -0.2) is 7.38 Å². The molecule has 27 heavy (non-hydrogen) atoms. The molecular formula is C25H19ClSi. The molecule has 0 atom stereocenters. The first kappa shape index (κ1) is 16.6. The quantitative estimate of drug-likeness (QED) is 0.331. The minimum Gasteiger partial charge on any atom is -0.154 e. The zero-order valence-corrected chi connectivity index (χ0v) is 16.6. The average molecular weight is 383 g/mol. The fourth-order valence-electron chi connectivity index (χ4n) is 4.45. The third-order valence-corrected chi connectivity index (χ3v) is 11.3. The minimum absolute atomic E-state index is 0.191. The normalized spacial score (nSPS) is 13.2. The van der Waals surface area contributed by atoms with E-state index in [1.54, 1.807) is 0 Å². The zero-order chi connectivity index (χ0) is 18.3. The summed E-state index contributed by atoms with van der Waals surface area (Å²) in [6, 6.07) is 38.9. The van der Waals surface area contributed by atoms with Crippen molar-refractivity contribution in [2.75, 3.05) is 0 Å². The number of hydrogen-bond donors (Lipinski definition) is 0. The van der Waals surface area contributed by atoms with Crippen molar-refractivity contribution >= 4 is 28.8 Å².